The molecule has 0 aromatic heterocycles. The maximum atomic E-state index is 12.9. The summed E-state index contributed by atoms with van der Waals surface area (Å²) in [4.78, 5) is 34.5. The Kier molecular flexibility index (Phi) is 7.15. The van der Waals surface area contributed by atoms with Crippen LogP contribution in [-0.4, -0.2) is 91.2 Å². The van der Waals surface area contributed by atoms with E-state index in [4.69, 9.17) is 0 Å². The number of para-hydroxylation sites is 1. The number of hydrogen-bond donors (Lipinski definition) is 0. The van der Waals surface area contributed by atoms with Crippen molar-refractivity contribution < 1.29 is 9.59 Å². The van der Waals surface area contributed by atoms with Gasteiger partial charge in [-0.2, -0.15) is 0 Å². The minimum atomic E-state index is 0.176. The number of thioether (sulfide) groups is 1. The summed E-state index contributed by atoms with van der Waals surface area (Å²) in [5.41, 5.74) is 1.04. The summed E-state index contributed by atoms with van der Waals surface area (Å²) in [6.07, 6.45) is 0. The maximum absolute atomic E-state index is 12.9. The highest BCUT2D eigenvalue weighted by molar-refractivity contribution is 7.99. The summed E-state index contributed by atoms with van der Waals surface area (Å²) in [6, 6.07) is 8.15. The molecule has 0 spiro atoms. The van der Waals surface area contributed by atoms with Crippen molar-refractivity contribution in [2.24, 2.45) is 0 Å². The van der Waals surface area contributed by atoms with Gasteiger partial charge in [0, 0.05) is 56.5 Å². The van der Waals surface area contributed by atoms with Gasteiger partial charge in [0.1, 0.15) is 0 Å². The summed E-state index contributed by atoms with van der Waals surface area (Å²) in [7, 11) is 0. The number of fused-ring (bicyclic) bond motifs is 1. The summed E-state index contributed by atoms with van der Waals surface area (Å²) >= 11 is 1.82. The highest BCUT2D eigenvalue weighted by Gasteiger charge is 2.26. The van der Waals surface area contributed by atoms with Gasteiger partial charge in [0.15, 0.2) is 0 Å². The monoisotopic (exact) mass is 390 g/mol. The maximum Gasteiger partial charge on any atom is 0.241 e. The Morgan fingerprint density at radius 2 is 1.59 bits per heavy atom. The predicted molar refractivity (Wildman–Crippen MR) is 110 cm³/mol. The number of carbonyl (C=O) groups is 2. The molecule has 0 radical (unpaired) electrons. The van der Waals surface area contributed by atoms with Crippen LogP contribution in [0.15, 0.2) is 29.2 Å². The Morgan fingerprint density at radius 1 is 0.963 bits per heavy atom. The van der Waals surface area contributed by atoms with Gasteiger partial charge in [-0.25, -0.2) is 0 Å². The second-order valence-corrected chi connectivity index (χ2v) is 8.12. The number of anilines is 1. The normalized spacial score (nSPS) is 18.2. The molecule has 1 aromatic carbocycles. The van der Waals surface area contributed by atoms with E-state index in [0.29, 0.717) is 13.1 Å². The Morgan fingerprint density at radius 3 is 2.26 bits per heavy atom. The van der Waals surface area contributed by atoms with E-state index in [9.17, 15) is 9.59 Å². The van der Waals surface area contributed by atoms with E-state index in [1.165, 1.54) is 4.90 Å². The molecule has 7 heteroatoms. The summed E-state index contributed by atoms with van der Waals surface area (Å²) in [5.74, 6) is 1.33. The van der Waals surface area contributed by atoms with Gasteiger partial charge >= 0.3 is 0 Å². The first-order valence-corrected chi connectivity index (χ1v) is 10.9. The summed E-state index contributed by atoms with van der Waals surface area (Å²) < 4.78 is 0. The highest BCUT2D eigenvalue weighted by Crippen LogP contribution is 2.34. The molecule has 1 saturated heterocycles. The van der Waals surface area contributed by atoms with Gasteiger partial charge < -0.3 is 9.80 Å². The second-order valence-electron chi connectivity index (χ2n) is 6.98. The van der Waals surface area contributed by atoms with Crippen molar-refractivity contribution >= 4 is 29.3 Å². The van der Waals surface area contributed by atoms with Crippen molar-refractivity contribution in [1.29, 1.82) is 0 Å². The smallest absolute Gasteiger partial charge is 0.241 e. The van der Waals surface area contributed by atoms with Crippen LogP contribution < -0.4 is 4.90 Å². The molecule has 2 aliphatic rings. The molecule has 0 atom stereocenters. The lowest BCUT2D eigenvalue weighted by molar-refractivity contribution is -0.132. The fraction of sp³-hybridized carbons (Fsp3) is 0.600. The zero-order valence-electron chi connectivity index (χ0n) is 16.4. The van der Waals surface area contributed by atoms with Crippen LogP contribution >= 0.6 is 11.8 Å². The SMILES string of the molecule is CCN(CC)C(=O)CN1CCN(CC(=O)N2CCSc3ccccc32)CC1. The number of piperazine rings is 1. The molecule has 0 aliphatic carbocycles. The average Bonchev–Trinajstić information content (AvgIpc) is 2.70. The largest absolute Gasteiger partial charge is 0.342 e. The fourth-order valence-electron chi connectivity index (χ4n) is 3.68. The molecule has 2 aliphatic heterocycles. The lowest BCUT2D eigenvalue weighted by Gasteiger charge is -2.36. The molecule has 0 saturated carbocycles. The number of carbonyl (C=O) groups excluding carboxylic acids is 2. The Bertz CT molecular complexity index is 657. The van der Waals surface area contributed by atoms with Gasteiger partial charge in [-0.15, -0.1) is 11.8 Å². The first-order valence-electron chi connectivity index (χ1n) is 9.87. The van der Waals surface area contributed by atoms with Crippen molar-refractivity contribution in [3.8, 4) is 0 Å². The van der Waals surface area contributed by atoms with E-state index >= 15 is 0 Å². The van der Waals surface area contributed by atoms with Crippen LogP contribution in [0.5, 0.6) is 0 Å². The minimum absolute atomic E-state index is 0.176. The van der Waals surface area contributed by atoms with Crippen molar-refractivity contribution in [3.63, 3.8) is 0 Å². The number of likely N-dealkylation sites (N-methyl/N-ethyl adjacent to an activating group) is 1. The van der Waals surface area contributed by atoms with E-state index in [1.807, 2.05) is 53.6 Å². The van der Waals surface area contributed by atoms with Crippen LogP contribution in [0.3, 0.4) is 0 Å². The van der Waals surface area contributed by atoms with E-state index in [-0.39, 0.29) is 11.8 Å². The lowest BCUT2D eigenvalue weighted by atomic mass is 10.2. The van der Waals surface area contributed by atoms with Crippen LogP contribution in [0.2, 0.25) is 0 Å². The summed E-state index contributed by atoms with van der Waals surface area (Å²) in [6.45, 7) is 10.6. The van der Waals surface area contributed by atoms with E-state index in [2.05, 4.69) is 15.9 Å². The fourth-order valence-corrected chi connectivity index (χ4v) is 4.67. The molecule has 2 heterocycles. The van der Waals surface area contributed by atoms with Gasteiger partial charge in [-0.3, -0.25) is 19.4 Å². The van der Waals surface area contributed by atoms with Gasteiger partial charge in [-0.05, 0) is 26.0 Å². The zero-order valence-corrected chi connectivity index (χ0v) is 17.2. The molecule has 2 amide bonds. The van der Waals surface area contributed by atoms with Crippen molar-refractivity contribution in [1.82, 2.24) is 14.7 Å². The van der Waals surface area contributed by atoms with Gasteiger partial charge in [0.2, 0.25) is 11.8 Å². The molecule has 0 unspecified atom stereocenters. The predicted octanol–water partition coefficient (Wildman–Crippen LogP) is 1.61. The molecule has 0 bridgehead atoms. The standard InChI is InChI=1S/C20H30N4O2S/c1-3-23(4-2)19(25)15-21-9-11-22(12-10-21)16-20(26)24-13-14-27-18-8-6-5-7-17(18)24/h5-8H,3-4,9-16H2,1-2H3. The molecule has 1 aromatic rings. The van der Waals surface area contributed by atoms with Gasteiger partial charge in [-0.1, -0.05) is 12.1 Å². The van der Waals surface area contributed by atoms with E-state index < -0.39 is 0 Å². The summed E-state index contributed by atoms with van der Waals surface area (Å²) in [5, 5.41) is 0. The molecule has 148 valence electrons. The third-order valence-electron chi connectivity index (χ3n) is 5.33. The van der Waals surface area contributed by atoms with Crippen LogP contribution in [0.4, 0.5) is 5.69 Å². The Labute approximate surface area is 166 Å². The lowest BCUT2D eigenvalue weighted by Crippen LogP contribution is -2.52. The highest BCUT2D eigenvalue weighted by atomic mass is 32.2. The molecule has 27 heavy (non-hydrogen) atoms. The van der Waals surface area contributed by atoms with E-state index in [1.54, 1.807) is 0 Å². The van der Waals surface area contributed by atoms with Crippen molar-refractivity contribution in [2.45, 2.75) is 18.7 Å². The van der Waals surface area contributed by atoms with Crippen LogP contribution in [0.25, 0.3) is 0 Å². The van der Waals surface area contributed by atoms with Gasteiger partial charge in [0.25, 0.3) is 0 Å². The number of rotatable bonds is 6. The van der Waals surface area contributed by atoms with Crippen molar-refractivity contribution in [3.05, 3.63) is 24.3 Å². The molecular weight excluding hydrogens is 360 g/mol. The number of nitrogens with zero attached hydrogens (tertiary/aromatic N) is 4. The minimum Gasteiger partial charge on any atom is -0.342 e. The molecule has 3 rings (SSSR count). The topological polar surface area (TPSA) is 47.1 Å². The first kappa shape index (κ1) is 20.2. The van der Waals surface area contributed by atoms with E-state index in [0.717, 1.165) is 57.3 Å². The Hall–Kier alpha value is -1.57. The number of benzene rings is 1. The van der Waals surface area contributed by atoms with Crippen LogP contribution in [0.1, 0.15) is 13.8 Å². The zero-order chi connectivity index (χ0) is 19.2. The molecule has 6 nitrogen and oxygen atoms in total. The molecular formula is C20H30N4O2S. The quantitative estimate of drug-likeness (QED) is 0.739. The van der Waals surface area contributed by atoms with Gasteiger partial charge in [0.05, 0.1) is 18.8 Å². The van der Waals surface area contributed by atoms with Crippen LogP contribution in [0, 0.1) is 0 Å². The van der Waals surface area contributed by atoms with Crippen molar-refractivity contribution in [2.75, 3.05) is 69.6 Å². The third kappa shape index (κ3) is 5.03. The molecule has 0 N–H and O–H groups in total. The second kappa shape index (κ2) is 9.57. The molecule has 1 fully saturated rings. The number of amides is 2. The number of hydrogen-bond acceptors (Lipinski definition) is 5. The Balaban J connectivity index is 1.48. The first-order chi connectivity index (χ1) is 13.1. The average molecular weight is 391 g/mol. The third-order valence-corrected chi connectivity index (χ3v) is 6.37. The van der Waals surface area contributed by atoms with Crippen LogP contribution in [-0.2, 0) is 9.59 Å².